The van der Waals surface area contributed by atoms with Gasteiger partial charge in [-0.2, -0.15) is 0 Å². The number of likely N-dealkylation sites (tertiary alicyclic amines) is 1. The molecule has 3 fully saturated rings. The molecule has 1 aromatic heterocycles. The fourth-order valence-corrected chi connectivity index (χ4v) is 3.47. The number of fused-ring (bicyclic) bond motifs is 1. The van der Waals surface area contributed by atoms with Gasteiger partial charge in [0.1, 0.15) is 5.69 Å². The van der Waals surface area contributed by atoms with E-state index in [2.05, 4.69) is 9.97 Å². The Morgan fingerprint density at radius 1 is 1.29 bits per heavy atom. The van der Waals surface area contributed by atoms with Crippen LogP contribution in [0.1, 0.15) is 29.8 Å². The lowest BCUT2D eigenvalue weighted by Crippen LogP contribution is -2.63. The van der Waals surface area contributed by atoms with Crippen molar-refractivity contribution in [3.05, 3.63) is 24.3 Å². The number of ether oxygens (including phenoxy) is 1. The van der Waals surface area contributed by atoms with Crippen LogP contribution in [0.5, 0.6) is 0 Å². The van der Waals surface area contributed by atoms with E-state index in [4.69, 9.17) is 4.74 Å². The van der Waals surface area contributed by atoms with Gasteiger partial charge >= 0.3 is 0 Å². The Morgan fingerprint density at radius 2 is 2.12 bits per heavy atom. The Kier molecular flexibility index (Phi) is 3.71. The van der Waals surface area contributed by atoms with E-state index in [1.165, 1.54) is 18.6 Å². The summed E-state index contributed by atoms with van der Waals surface area (Å²) in [6.45, 7) is 1.66. The lowest BCUT2D eigenvalue weighted by molar-refractivity contribution is -0.147. The normalized spacial score (nSPS) is 28.2. The third-order valence-electron chi connectivity index (χ3n) is 4.99. The van der Waals surface area contributed by atoms with E-state index < -0.39 is 11.6 Å². The zero-order valence-electron chi connectivity index (χ0n) is 13.2. The zero-order valence-corrected chi connectivity index (χ0v) is 13.2. The summed E-state index contributed by atoms with van der Waals surface area (Å²) in [4.78, 5) is 36.2. The molecular weight excluding hydrogens is 315 g/mol. The first-order valence-corrected chi connectivity index (χ1v) is 8.25. The molecule has 0 unspecified atom stereocenters. The molecule has 2 atom stereocenters. The van der Waals surface area contributed by atoms with Gasteiger partial charge in [0.05, 0.1) is 24.9 Å². The summed E-state index contributed by atoms with van der Waals surface area (Å²) in [5.74, 6) is -0.671. The summed E-state index contributed by atoms with van der Waals surface area (Å²) < 4.78 is 19.9. The minimum atomic E-state index is -1.68. The summed E-state index contributed by atoms with van der Waals surface area (Å²) in [5, 5.41) is 0. The molecule has 1 aliphatic carbocycles. The van der Waals surface area contributed by atoms with Crippen LogP contribution in [0.25, 0.3) is 0 Å². The average molecular weight is 334 g/mol. The molecule has 0 bridgehead atoms. The van der Waals surface area contributed by atoms with Crippen molar-refractivity contribution < 1.29 is 18.7 Å². The number of aromatic nitrogens is 2. The van der Waals surface area contributed by atoms with Gasteiger partial charge in [0, 0.05) is 32.0 Å². The van der Waals surface area contributed by atoms with Crippen LogP contribution < -0.4 is 0 Å². The standard InChI is InChI=1S/C16H19FN4O3/c17-16(2-3-16)15(23)20-6-1-13-12(10-20)21(7-8-24-13)14(22)11-9-18-4-5-19-11/h4-5,9,12-13H,1-3,6-8,10H2/t12-,13-/m0/s1. The number of piperidine rings is 1. The van der Waals surface area contributed by atoms with Gasteiger partial charge in [0.15, 0.2) is 5.67 Å². The first-order chi connectivity index (χ1) is 11.6. The number of carbonyl (C=O) groups excluding carboxylic acids is 2. The fraction of sp³-hybridized carbons (Fsp3) is 0.625. The van der Waals surface area contributed by atoms with Crippen molar-refractivity contribution in [2.45, 2.75) is 37.1 Å². The minimum Gasteiger partial charge on any atom is -0.374 e. The summed E-state index contributed by atoms with van der Waals surface area (Å²) >= 11 is 0. The number of morpholine rings is 1. The third kappa shape index (κ3) is 2.64. The maximum absolute atomic E-state index is 14.1. The van der Waals surface area contributed by atoms with E-state index in [0.717, 1.165) is 0 Å². The highest BCUT2D eigenvalue weighted by molar-refractivity contribution is 5.92. The van der Waals surface area contributed by atoms with Crippen LogP contribution in [0, 0.1) is 0 Å². The van der Waals surface area contributed by atoms with Crippen LogP contribution in [0.3, 0.4) is 0 Å². The van der Waals surface area contributed by atoms with Crippen LogP contribution in [-0.4, -0.2) is 75.6 Å². The number of halogens is 1. The SMILES string of the molecule is O=C(c1cnccn1)N1CCO[C@H]2CCN(C(=O)C3(F)CC3)C[C@@H]21. The largest absolute Gasteiger partial charge is 0.374 e. The Hall–Kier alpha value is -2.09. The molecule has 0 aromatic carbocycles. The molecule has 3 heterocycles. The van der Waals surface area contributed by atoms with E-state index in [0.29, 0.717) is 45.5 Å². The number of rotatable bonds is 2. The second kappa shape index (κ2) is 5.77. The molecule has 0 N–H and O–H groups in total. The molecule has 128 valence electrons. The molecule has 2 amide bonds. The Labute approximate surface area is 138 Å². The van der Waals surface area contributed by atoms with E-state index in [1.54, 1.807) is 9.80 Å². The second-order valence-corrected chi connectivity index (χ2v) is 6.57. The van der Waals surface area contributed by atoms with Gasteiger partial charge in [-0.15, -0.1) is 0 Å². The zero-order chi connectivity index (χ0) is 16.7. The van der Waals surface area contributed by atoms with E-state index in [9.17, 15) is 14.0 Å². The number of carbonyl (C=O) groups is 2. The van der Waals surface area contributed by atoms with Crippen molar-refractivity contribution in [1.29, 1.82) is 0 Å². The molecule has 7 nitrogen and oxygen atoms in total. The highest BCUT2D eigenvalue weighted by Crippen LogP contribution is 2.42. The highest BCUT2D eigenvalue weighted by Gasteiger charge is 2.54. The molecule has 2 aliphatic heterocycles. The molecule has 4 rings (SSSR count). The van der Waals surface area contributed by atoms with E-state index >= 15 is 0 Å². The topological polar surface area (TPSA) is 75.6 Å². The Morgan fingerprint density at radius 3 is 2.83 bits per heavy atom. The van der Waals surface area contributed by atoms with Gasteiger partial charge in [-0.3, -0.25) is 14.6 Å². The number of hydrogen-bond donors (Lipinski definition) is 0. The number of nitrogens with zero attached hydrogens (tertiary/aromatic N) is 4. The van der Waals surface area contributed by atoms with Gasteiger partial charge in [-0.1, -0.05) is 0 Å². The quantitative estimate of drug-likeness (QED) is 0.784. The average Bonchev–Trinajstić information content (AvgIpc) is 3.39. The lowest BCUT2D eigenvalue weighted by Gasteiger charge is -2.47. The molecule has 1 aromatic rings. The first-order valence-electron chi connectivity index (χ1n) is 8.25. The molecule has 8 heteroatoms. The Bertz CT molecular complexity index is 652. The molecule has 2 saturated heterocycles. The maximum atomic E-state index is 14.1. The Balaban J connectivity index is 1.53. The van der Waals surface area contributed by atoms with Crippen LogP contribution in [0.15, 0.2) is 18.6 Å². The van der Waals surface area contributed by atoms with Crippen molar-refractivity contribution in [3.8, 4) is 0 Å². The van der Waals surface area contributed by atoms with Crippen LogP contribution in [0.2, 0.25) is 0 Å². The van der Waals surface area contributed by atoms with Crippen molar-refractivity contribution in [3.63, 3.8) is 0 Å². The smallest absolute Gasteiger partial charge is 0.274 e. The highest BCUT2D eigenvalue weighted by atomic mass is 19.1. The predicted molar refractivity (Wildman–Crippen MR) is 80.9 cm³/mol. The lowest BCUT2D eigenvalue weighted by atomic mass is 9.97. The maximum Gasteiger partial charge on any atom is 0.274 e. The third-order valence-corrected chi connectivity index (χ3v) is 4.99. The van der Waals surface area contributed by atoms with Gasteiger partial charge < -0.3 is 14.5 Å². The summed E-state index contributed by atoms with van der Waals surface area (Å²) in [5.41, 5.74) is -1.41. The van der Waals surface area contributed by atoms with Crippen molar-refractivity contribution >= 4 is 11.8 Å². The van der Waals surface area contributed by atoms with Crippen molar-refractivity contribution in [2.75, 3.05) is 26.2 Å². The number of amides is 2. The van der Waals surface area contributed by atoms with E-state index in [-0.39, 0.29) is 23.7 Å². The molecule has 3 aliphatic rings. The minimum absolute atomic E-state index is 0.127. The molecule has 0 radical (unpaired) electrons. The van der Waals surface area contributed by atoms with Gasteiger partial charge in [-0.05, 0) is 19.3 Å². The fourth-order valence-electron chi connectivity index (χ4n) is 3.47. The second-order valence-electron chi connectivity index (χ2n) is 6.57. The number of hydrogen-bond acceptors (Lipinski definition) is 5. The van der Waals surface area contributed by atoms with Crippen LogP contribution >= 0.6 is 0 Å². The van der Waals surface area contributed by atoms with Crippen LogP contribution in [0.4, 0.5) is 4.39 Å². The first kappa shape index (κ1) is 15.4. The number of alkyl halides is 1. The summed E-state index contributed by atoms with van der Waals surface area (Å²) in [7, 11) is 0. The van der Waals surface area contributed by atoms with Crippen molar-refractivity contribution in [2.24, 2.45) is 0 Å². The van der Waals surface area contributed by atoms with Gasteiger partial charge in [-0.25, -0.2) is 9.37 Å². The summed E-state index contributed by atoms with van der Waals surface area (Å²) in [6.07, 6.45) is 5.50. The molecule has 0 spiro atoms. The monoisotopic (exact) mass is 334 g/mol. The van der Waals surface area contributed by atoms with E-state index in [1.807, 2.05) is 0 Å². The molecular formula is C16H19FN4O3. The molecule has 24 heavy (non-hydrogen) atoms. The van der Waals surface area contributed by atoms with Gasteiger partial charge in [0.25, 0.3) is 11.8 Å². The van der Waals surface area contributed by atoms with Gasteiger partial charge in [0.2, 0.25) is 0 Å². The molecule has 1 saturated carbocycles. The summed E-state index contributed by atoms with van der Waals surface area (Å²) in [6, 6.07) is -0.270. The van der Waals surface area contributed by atoms with Crippen LogP contribution in [-0.2, 0) is 9.53 Å². The van der Waals surface area contributed by atoms with Crippen molar-refractivity contribution in [1.82, 2.24) is 19.8 Å². The predicted octanol–water partition coefficient (Wildman–Crippen LogP) is 0.421.